The van der Waals surface area contributed by atoms with Gasteiger partial charge in [-0.2, -0.15) is 4.98 Å². The van der Waals surface area contributed by atoms with E-state index < -0.39 is 0 Å². The minimum absolute atomic E-state index is 0.221. The lowest BCUT2D eigenvalue weighted by molar-refractivity contribution is -0.00670. The molecule has 0 bridgehead atoms. The molecule has 2 heterocycles. The summed E-state index contributed by atoms with van der Waals surface area (Å²) in [6.45, 7) is 12.0. The van der Waals surface area contributed by atoms with Gasteiger partial charge in [0.15, 0.2) is 0 Å². The predicted molar refractivity (Wildman–Crippen MR) is 75.3 cm³/mol. The SMILES string of the molecule is CC(C)CNCc1coc(N2C[C@@H](C)O[C@@H](C)C2)n1. The number of rotatable bonds is 5. The summed E-state index contributed by atoms with van der Waals surface area (Å²) in [5.41, 5.74) is 0.961. The topological polar surface area (TPSA) is 50.5 Å². The fourth-order valence-corrected chi connectivity index (χ4v) is 2.35. The number of hydrogen-bond donors (Lipinski definition) is 1. The van der Waals surface area contributed by atoms with E-state index in [9.17, 15) is 0 Å². The zero-order chi connectivity index (χ0) is 13.8. The molecule has 1 N–H and O–H groups in total. The summed E-state index contributed by atoms with van der Waals surface area (Å²) in [6.07, 6.45) is 2.18. The monoisotopic (exact) mass is 267 g/mol. The van der Waals surface area contributed by atoms with Crippen molar-refractivity contribution in [2.24, 2.45) is 5.92 Å². The molecule has 0 saturated carbocycles. The molecule has 2 atom stereocenters. The highest BCUT2D eigenvalue weighted by atomic mass is 16.5. The van der Waals surface area contributed by atoms with Crippen LogP contribution in [0.5, 0.6) is 0 Å². The molecule has 0 amide bonds. The summed E-state index contributed by atoms with van der Waals surface area (Å²) in [7, 11) is 0. The second kappa shape index (κ2) is 6.39. The zero-order valence-corrected chi connectivity index (χ0v) is 12.3. The van der Waals surface area contributed by atoms with Gasteiger partial charge < -0.3 is 19.4 Å². The maximum Gasteiger partial charge on any atom is 0.297 e. The Morgan fingerprint density at radius 1 is 1.37 bits per heavy atom. The van der Waals surface area contributed by atoms with Crippen molar-refractivity contribution in [3.05, 3.63) is 12.0 Å². The first-order chi connectivity index (χ1) is 9.04. The van der Waals surface area contributed by atoms with Crippen LogP contribution in [-0.4, -0.2) is 36.8 Å². The van der Waals surface area contributed by atoms with Crippen molar-refractivity contribution >= 4 is 6.01 Å². The van der Waals surface area contributed by atoms with E-state index in [1.54, 1.807) is 6.26 Å². The van der Waals surface area contributed by atoms with Gasteiger partial charge in [-0.25, -0.2) is 0 Å². The molecule has 1 aromatic heterocycles. The van der Waals surface area contributed by atoms with Crippen LogP contribution in [0, 0.1) is 5.92 Å². The lowest BCUT2D eigenvalue weighted by Crippen LogP contribution is -2.45. The van der Waals surface area contributed by atoms with Crippen molar-refractivity contribution < 1.29 is 9.15 Å². The van der Waals surface area contributed by atoms with Crippen LogP contribution in [0.3, 0.4) is 0 Å². The van der Waals surface area contributed by atoms with E-state index in [2.05, 4.69) is 42.9 Å². The summed E-state index contributed by atoms with van der Waals surface area (Å²) in [4.78, 5) is 6.70. The molecule has 1 saturated heterocycles. The molecule has 5 nitrogen and oxygen atoms in total. The molecule has 5 heteroatoms. The van der Waals surface area contributed by atoms with Crippen LogP contribution in [0.2, 0.25) is 0 Å². The Morgan fingerprint density at radius 3 is 2.68 bits per heavy atom. The lowest BCUT2D eigenvalue weighted by Gasteiger charge is -2.34. The molecule has 0 unspecified atom stereocenters. The van der Waals surface area contributed by atoms with Crippen molar-refractivity contribution in [2.75, 3.05) is 24.5 Å². The lowest BCUT2D eigenvalue weighted by atomic mass is 10.2. The van der Waals surface area contributed by atoms with Crippen LogP contribution in [0.25, 0.3) is 0 Å². The maximum absolute atomic E-state index is 5.71. The first-order valence-corrected chi connectivity index (χ1v) is 7.10. The summed E-state index contributed by atoms with van der Waals surface area (Å²) in [6, 6.07) is 0.711. The number of hydrogen-bond acceptors (Lipinski definition) is 5. The molecule has 1 aromatic rings. The number of anilines is 1. The van der Waals surface area contributed by atoms with Crippen molar-refractivity contribution in [1.29, 1.82) is 0 Å². The molecule has 0 aromatic carbocycles. The molecule has 1 fully saturated rings. The first-order valence-electron chi connectivity index (χ1n) is 7.10. The van der Waals surface area contributed by atoms with Crippen molar-refractivity contribution in [3.8, 4) is 0 Å². The Kier molecular flexibility index (Phi) is 4.82. The quantitative estimate of drug-likeness (QED) is 0.884. The van der Waals surface area contributed by atoms with Crippen LogP contribution in [0.1, 0.15) is 33.4 Å². The third kappa shape index (κ3) is 4.21. The average Bonchev–Trinajstić information content (AvgIpc) is 2.76. The third-order valence-corrected chi connectivity index (χ3v) is 3.09. The largest absolute Gasteiger partial charge is 0.432 e. The molecule has 19 heavy (non-hydrogen) atoms. The average molecular weight is 267 g/mol. The maximum atomic E-state index is 5.71. The van der Waals surface area contributed by atoms with Crippen LogP contribution >= 0.6 is 0 Å². The van der Waals surface area contributed by atoms with E-state index in [0.29, 0.717) is 11.9 Å². The highest BCUT2D eigenvalue weighted by Crippen LogP contribution is 2.19. The Hall–Kier alpha value is -1.07. The number of ether oxygens (including phenoxy) is 1. The first kappa shape index (κ1) is 14.3. The van der Waals surface area contributed by atoms with Gasteiger partial charge in [-0.3, -0.25) is 0 Å². The molecule has 2 rings (SSSR count). The summed E-state index contributed by atoms with van der Waals surface area (Å²) < 4.78 is 11.3. The number of oxazole rings is 1. The Labute approximate surface area is 115 Å². The van der Waals surface area contributed by atoms with E-state index >= 15 is 0 Å². The predicted octanol–water partition coefficient (Wildman–Crippen LogP) is 2.03. The van der Waals surface area contributed by atoms with Crippen LogP contribution in [0.4, 0.5) is 6.01 Å². The standard InChI is InChI=1S/C14H25N3O2/c1-10(2)5-15-6-13-9-18-14(16-13)17-7-11(3)19-12(4)8-17/h9-12,15H,5-8H2,1-4H3/t11-,12+. The Balaban J connectivity index is 1.89. The number of aromatic nitrogens is 1. The van der Waals surface area contributed by atoms with Gasteiger partial charge in [-0.05, 0) is 26.3 Å². The fraction of sp³-hybridized carbons (Fsp3) is 0.786. The van der Waals surface area contributed by atoms with Crippen LogP contribution < -0.4 is 10.2 Å². The van der Waals surface area contributed by atoms with Crippen LogP contribution in [0.15, 0.2) is 10.7 Å². The molecule has 1 aliphatic heterocycles. The fourth-order valence-electron chi connectivity index (χ4n) is 2.35. The summed E-state index contributed by atoms with van der Waals surface area (Å²) in [5, 5.41) is 3.37. The van der Waals surface area contributed by atoms with Crippen molar-refractivity contribution in [2.45, 2.75) is 46.4 Å². The van der Waals surface area contributed by atoms with E-state index in [-0.39, 0.29) is 12.2 Å². The highest BCUT2D eigenvalue weighted by molar-refractivity contribution is 5.28. The van der Waals surface area contributed by atoms with Gasteiger partial charge in [-0.15, -0.1) is 0 Å². The molecule has 0 aliphatic carbocycles. The molecule has 0 spiro atoms. The number of nitrogens with zero attached hydrogens (tertiary/aromatic N) is 2. The van der Waals surface area contributed by atoms with Gasteiger partial charge >= 0.3 is 0 Å². The highest BCUT2D eigenvalue weighted by Gasteiger charge is 2.25. The van der Waals surface area contributed by atoms with Crippen molar-refractivity contribution in [1.82, 2.24) is 10.3 Å². The molecule has 0 radical (unpaired) electrons. The second-order valence-corrected chi connectivity index (χ2v) is 5.81. The number of nitrogens with one attached hydrogen (secondary N) is 1. The van der Waals surface area contributed by atoms with Gasteiger partial charge in [0.25, 0.3) is 6.01 Å². The van der Waals surface area contributed by atoms with Gasteiger partial charge in [0.05, 0.1) is 17.9 Å². The molecular weight excluding hydrogens is 242 g/mol. The minimum atomic E-state index is 0.221. The molecule has 1 aliphatic rings. The smallest absolute Gasteiger partial charge is 0.297 e. The third-order valence-electron chi connectivity index (χ3n) is 3.09. The Morgan fingerprint density at radius 2 is 2.05 bits per heavy atom. The zero-order valence-electron chi connectivity index (χ0n) is 12.3. The van der Waals surface area contributed by atoms with Gasteiger partial charge in [0.2, 0.25) is 0 Å². The second-order valence-electron chi connectivity index (χ2n) is 5.81. The Bertz CT molecular complexity index is 382. The summed E-state index contributed by atoms with van der Waals surface area (Å²) >= 11 is 0. The van der Waals surface area contributed by atoms with E-state index in [4.69, 9.17) is 9.15 Å². The van der Waals surface area contributed by atoms with Gasteiger partial charge in [0, 0.05) is 19.6 Å². The van der Waals surface area contributed by atoms with Gasteiger partial charge in [0.1, 0.15) is 6.26 Å². The normalized spacial score (nSPS) is 24.2. The van der Waals surface area contributed by atoms with Crippen LogP contribution in [-0.2, 0) is 11.3 Å². The molecular formula is C14H25N3O2. The summed E-state index contributed by atoms with van der Waals surface area (Å²) in [5.74, 6) is 0.646. The molecule has 108 valence electrons. The number of morpholine rings is 1. The van der Waals surface area contributed by atoms with Gasteiger partial charge in [-0.1, -0.05) is 13.8 Å². The minimum Gasteiger partial charge on any atom is -0.432 e. The van der Waals surface area contributed by atoms with E-state index in [1.807, 2.05) is 0 Å². The van der Waals surface area contributed by atoms with E-state index in [1.165, 1.54) is 0 Å². The van der Waals surface area contributed by atoms with E-state index in [0.717, 1.165) is 31.9 Å². The van der Waals surface area contributed by atoms with Crippen molar-refractivity contribution in [3.63, 3.8) is 0 Å².